The maximum Gasteiger partial charge on any atom is 0.347 e. The van der Waals surface area contributed by atoms with Gasteiger partial charge in [-0.15, -0.1) is 0 Å². The van der Waals surface area contributed by atoms with Gasteiger partial charge in [-0.2, -0.15) is 5.10 Å². The first-order valence-electron chi connectivity index (χ1n) is 8.05. The van der Waals surface area contributed by atoms with E-state index in [0.29, 0.717) is 19.3 Å². The van der Waals surface area contributed by atoms with Crippen molar-refractivity contribution in [3.8, 4) is 0 Å². The average Bonchev–Trinajstić information content (AvgIpc) is 2.81. The SMILES string of the molecule is O=c1n(C23CC(F)(C2)C3)nc2n1C(c1ccccc1)CCC2. The average molecular weight is 299 g/mol. The number of nitrogens with zero attached hydrogens (tertiary/aromatic N) is 3. The molecule has 0 amide bonds. The van der Waals surface area contributed by atoms with E-state index in [1.54, 1.807) is 4.68 Å². The quantitative estimate of drug-likeness (QED) is 0.855. The third-order valence-corrected chi connectivity index (χ3v) is 5.64. The number of halogens is 1. The van der Waals surface area contributed by atoms with Crippen LogP contribution in [-0.2, 0) is 12.0 Å². The highest BCUT2D eigenvalue weighted by molar-refractivity contribution is 5.25. The summed E-state index contributed by atoms with van der Waals surface area (Å²) >= 11 is 0. The zero-order valence-corrected chi connectivity index (χ0v) is 12.3. The normalized spacial score (nSPS) is 35.4. The lowest BCUT2D eigenvalue weighted by molar-refractivity contribution is -0.205. The van der Waals surface area contributed by atoms with Gasteiger partial charge in [0.15, 0.2) is 0 Å². The molecule has 5 heteroatoms. The molecule has 0 N–H and O–H groups in total. The summed E-state index contributed by atoms with van der Waals surface area (Å²) in [4.78, 5) is 12.9. The fourth-order valence-electron chi connectivity index (χ4n) is 4.62. The van der Waals surface area contributed by atoms with E-state index in [-0.39, 0.29) is 17.3 Å². The van der Waals surface area contributed by atoms with Crippen molar-refractivity contribution in [1.29, 1.82) is 0 Å². The molecule has 1 aromatic carbocycles. The third-order valence-electron chi connectivity index (χ3n) is 5.64. The number of hydrogen-bond donors (Lipinski definition) is 0. The molecule has 3 fully saturated rings. The first-order chi connectivity index (χ1) is 10.6. The molecule has 114 valence electrons. The maximum atomic E-state index is 13.8. The monoisotopic (exact) mass is 299 g/mol. The summed E-state index contributed by atoms with van der Waals surface area (Å²) in [5, 5.41) is 4.59. The van der Waals surface area contributed by atoms with E-state index >= 15 is 0 Å². The number of hydrogen-bond acceptors (Lipinski definition) is 2. The van der Waals surface area contributed by atoms with E-state index in [1.165, 1.54) is 0 Å². The topological polar surface area (TPSA) is 39.8 Å². The Kier molecular flexibility index (Phi) is 2.23. The van der Waals surface area contributed by atoms with Crippen LogP contribution in [0.3, 0.4) is 0 Å². The predicted octanol–water partition coefficient (Wildman–Crippen LogP) is 2.57. The van der Waals surface area contributed by atoms with Gasteiger partial charge in [0.2, 0.25) is 0 Å². The summed E-state index contributed by atoms with van der Waals surface area (Å²) in [6, 6.07) is 10.2. The molecule has 3 aliphatic carbocycles. The van der Waals surface area contributed by atoms with Crippen molar-refractivity contribution in [3.05, 3.63) is 52.2 Å². The Morgan fingerprint density at radius 1 is 1.18 bits per heavy atom. The van der Waals surface area contributed by atoms with Crippen LogP contribution >= 0.6 is 0 Å². The van der Waals surface area contributed by atoms with E-state index in [2.05, 4.69) is 17.2 Å². The zero-order valence-electron chi connectivity index (χ0n) is 12.3. The van der Waals surface area contributed by atoms with Crippen LogP contribution < -0.4 is 5.69 Å². The van der Waals surface area contributed by atoms with Crippen molar-refractivity contribution in [3.63, 3.8) is 0 Å². The summed E-state index contributed by atoms with van der Waals surface area (Å²) in [6.07, 6.45) is 4.23. The van der Waals surface area contributed by atoms with Crippen molar-refractivity contribution in [2.24, 2.45) is 0 Å². The molecule has 4 aliphatic rings. The molecule has 1 unspecified atom stereocenters. The number of alkyl halides is 1. The Balaban J connectivity index is 1.61. The molecule has 1 atom stereocenters. The minimum absolute atomic E-state index is 0.0506. The predicted molar refractivity (Wildman–Crippen MR) is 79.7 cm³/mol. The highest BCUT2D eigenvalue weighted by atomic mass is 19.1. The van der Waals surface area contributed by atoms with Gasteiger partial charge in [0.1, 0.15) is 11.5 Å². The van der Waals surface area contributed by atoms with Crippen LogP contribution in [0.4, 0.5) is 4.39 Å². The fourth-order valence-corrected chi connectivity index (χ4v) is 4.62. The van der Waals surface area contributed by atoms with E-state index in [1.807, 2.05) is 22.8 Å². The fraction of sp³-hybridized carbons (Fsp3) is 0.529. The molecule has 0 radical (unpaired) electrons. The summed E-state index contributed by atoms with van der Waals surface area (Å²) in [6.45, 7) is 0. The van der Waals surface area contributed by atoms with Gasteiger partial charge in [-0.3, -0.25) is 4.57 Å². The van der Waals surface area contributed by atoms with Crippen molar-refractivity contribution < 1.29 is 4.39 Å². The number of aromatic nitrogens is 3. The third kappa shape index (κ3) is 1.46. The van der Waals surface area contributed by atoms with E-state index in [0.717, 1.165) is 30.7 Å². The van der Waals surface area contributed by atoms with Crippen LogP contribution in [0.5, 0.6) is 0 Å². The number of benzene rings is 1. The minimum Gasteiger partial charge on any atom is -0.271 e. The molecule has 2 bridgehead atoms. The molecule has 1 aliphatic heterocycles. The molecular formula is C17H18FN3O. The lowest BCUT2D eigenvalue weighted by Crippen LogP contribution is -2.72. The Morgan fingerprint density at radius 3 is 2.59 bits per heavy atom. The molecule has 2 aromatic rings. The second-order valence-electron chi connectivity index (χ2n) is 7.20. The smallest absolute Gasteiger partial charge is 0.271 e. The summed E-state index contributed by atoms with van der Waals surface area (Å²) in [7, 11) is 0. The van der Waals surface area contributed by atoms with E-state index < -0.39 is 5.67 Å². The molecular weight excluding hydrogens is 281 g/mol. The molecule has 6 rings (SSSR count). The Hall–Kier alpha value is -1.91. The molecule has 2 heterocycles. The minimum atomic E-state index is -1.01. The molecule has 1 aromatic heterocycles. The molecule has 4 nitrogen and oxygen atoms in total. The molecule has 0 saturated heterocycles. The molecule has 22 heavy (non-hydrogen) atoms. The number of aryl methyl sites for hydroxylation is 1. The first-order valence-corrected chi connectivity index (χ1v) is 8.05. The van der Waals surface area contributed by atoms with Gasteiger partial charge >= 0.3 is 5.69 Å². The summed E-state index contributed by atoms with van der Waals surface area (Å²) in [5.74, 6) is 0.864. The Bertz CT molecular complexity index is 787. The van der Waals surface area contributed by atoms with Gasteiger partial charge in [-0.05, 0) is 18.4 Å². The highest BCUT2D eigenvalue weighted by Gasteiger charge is 2.71. The second-order valence-corrected chi connectivity index (χ2v) is 7.20. The zero-order chi connectivity index (χ0) is 14.9. The van der Waals surface area contributed by atoms with Gasteiger partial charge in [0, 0.05) is 25.7 Å². The standard InChI is InChI=1S/C17H18FN3O/c18-16-9-17(10-16,11-16)21-15(22)20-13(7-4-8-14(20)19-21)12-5-2-1-3-6-12/h1-3,5-6,13H,4,7-11H2. The van der Waals surface area contributed by atoms with Crippen molar-refractivity contribution in [1.82, 2.24) is 14.3 Å². The van der Waals surface area contributed by atoms with Gasteiger partial charge in [-0.1, -0.05) is 30.3 Å². The lowest BCUT2D eigenvalue weighted by atomic mass is 9.47. The van der Waals surface area contributed by atoms with Gasteiger partial charge in [0.25, 0.3) is 0 Å². The van der Waals surface area contributed by atoms with Crippen LogP contribution in [0.25, 0.3) is 0 Å². The number of rotatable bonds is 2. The van der Waals surface area contributed by atoms with Crippen molar-refractivity contribution >= 4 is 0 Å². The maximum absolute atomic E-state index is 13.8. The summed E-state index contributed by atoms with van der Waals surface area (Å²) in [5.41, 5.74) is -0.227. The van der Waals surface area contributed by atoms with Crippen LogP contribution in [0.1, 0.15) is 49.5 Å². The molecule has 0 spiro atoms. The van der Waals surface area contributed by atoms with Crippen LogP contribution in [0.15, 0.2) is 35.1 Å². The molecule has 3 saturated carbocycles. The largest absolute Gasteiger partial charge is 0.347 e. The van der Waals surface area contributed by atoms with E-state index in [4.69, 9.17) is 0 Å². The van der Waals surface area contributed by atoms with Gasteiger partial charge < -0.3 is 0 Å². The Morgan fingerprint density at radius 2 is 1.91 bits per heavy atom. The van der Waals surface area contributed by atoms with Crippen molar-refractivity contribution in [2.45, 2.75) is 55.8 Å². The Labute approximate surface area is 127 Å². The van der Waals surface area contributed by atoms with Crippen LogP contribution in [0, 0.1) is 0 Å². The van der Waals surface area contributed by atoms with Crippen molar-refractivity contribution in [2.75, 3.05) is 0 Å². The van der Waals surface area contributed by atoms with Crippen LogP contribution in [-0.4, -0.2) is 20.0 Å². The van der Waals surface area contributed by atoms with Gasteiger partial charge in [0.05, 0.1) is 11.6 Å². The number of fused-ring (bicyclic) bond motifs is 1. The lowest BCUT2D eigenvalue weighted by Gasteiger charge is -2.64. The van der Waals surface area contributed by atoms with Crippen LogP contribution in [0.2, 0.25) is 0 Å². The second kappa shape index (κ2) is 3.89. The van der Waals surface area contributed by atoms with E-state index in [9.17, 15) is 9.18 Å². The van der Waals surface area contributed by atoms with Gasteiger partial charge in [-0.25, -0.2) is 13.9 Å². The highest BCUT2D eigenvalue weighted by Crippen LogP contribution is 2.66. The summed E-state index contributed by atoms with van der Waals surface area (Å²) < 4.78 is 17.3. The first kappa shape index (κ1) is 12.6.